The van der Waals surface area contributed by atoms with Crippen molar-refractivity contribution in [2.45, 2.75) is 33.2 Å². The first-order valence-electron chi connectivity index (χ1n) is 5.91. The lowest BCUT2D eigenvalue weighted by atomic mass is 9.85. The maximum atomic E-state index is 12.1. The van der Waals surface area contributed by atoms with Gasteiger partial charge in [-0.15, -0.1) is 0 Å². The number of alkyl halides is 3. The maximum absolute atomic E-state index is 12.1. The topological polar surface area (TPSA) is 86.5 Å². The molecule has 6 nitrogen and oxygen atoms in total. The first-order chi connectivity index (χ1) is 9.72. The van der Waals surface area contributed by atoms with Crippen LogP contribution in [-0.2, 0) is 14.3 Å². The van der Waals surface area contributed by atoms with E-state index in [9.17, 15) is 31.7 Å². The Bertz CT molecular complexity index is 610. The van der Waals surface area contributed by atoms with Gasteiger partial charge in [0.2, 0.25) is 0 Å². The van der Waals surface area contributed by atoms with Crippen molar-refractivity contribution in [3.63, 3.8) is 0 Å². The van der Waals surface area contributed by atoms with Crippen molar-refractivity contribution in [2.24, 2.45) is 5.41 Å². The summed E-state index contributed by atoms with van der Waals surface area (Å²) < 4.78 is 61.4. The van der Waals surface area contributed by atoms with Gasteiger partial charge in [-0.2, -0.15) is 21.6 Å². The van der Waals surface area contributed by atoms with Crippen LogP contribution in [0, 0.1) is 15.5 Å². The van der Waals surface area contributed by atoms with Crippen molar-refractivity contribution in [2.75, 3.05) is 0 Å². The third-order valence-corrected chi connectivity index (χ3v) is 3.22. The largest absolute Gasteiger partial charge is 0.534 e. The van der Waals surface area contributed by atoms with Gasteiger partial charge in [0, 0.05) is 6.08 Å². The summed E-state index contributed by atoms with van der Waals surface area (Å²) in [7, 11) is -5.94. The van der Waals surface area contributed by atoms with Crippen molar-refractivity contribution < 1.29 is 30.7 Å². The minimum absolute atomic E-state index is 0.0436. The van der Waals surface area contributed by atoms with Gasteiger partial charge in [-0.3, -0.25) is 10.1 Å². The van der Waals surface area contributed by atoms with Gasteiger partial charge in [0.1, 0.15) is 0 Å². The van der Waals surface area contributed by atoms with Crippen LogP contribution >= 0.6 is 0 Å². The van der Waals surface area contributed by atoms with Crippen LogP contribution in [0.25, 0.3) is 0 Å². The van der Waals surface area contributed by atoms with Crippen LogP contribution in [0.4, 0.5) is 13.2 Å². The quantitative estimate of drug-likeness (QED) is 0.190. The monoisotopic (exact) mass is 343 g/mol. The first-order valence-corrected chi connectivity index (χ1v) is 7.32. The molecule has 0 amide bonds. The van der Waals surface area contributed by atoms with Crippen LogP contribution in [0.5, 0.6) is 0 Å². The number of nitro groups is 1. The number of hydrogen-bond donors (Lipinski definition) is 0. The molecule has 0 aromatic rings. The van der Waals surface area contributed by atoms with Gasteiger partial charge in [-0.1, -0.05) is 32.9 Å². The summed E-state index contributed by atoms with van der Waals surface area (Å²) >= 11 is 0. The standard InChI is InChI=1S/C12H16F3NO5S/c1-5-6-9(11(2,3)4)7-10(16(17)18)8-21-22(19,20)12(13,14)15/h5-8H,1-4H3/b6-5-,9-7+,10-8-. The predicted molar refractivity (Wildman–Crippen MR) is 73.5 cm³/mol. The molecule has 10 heteroatoms. The lowest BCUT2D eigenvalue weighted by Gasteiger charge is -2.19. The van der Waals surface area contributed by atoms with Crippen LogP contribution < -0.4 is 0 Å². The van der Waals surface area contributed by atoms with Gasteiger partial charge in [-0.25, -0.2) is 0 Å². The van der Waals surface area contributed by atoms with Gasteiger partial charge in [-0.05, 0) is 17.9 Å². The highest BCUT2D eigenvalue weighted by molar-refractivity contribution is 7.87. The van der Waals surface area contributed by atoms with Gasteiger partial charge < -0.3 is 4.18 Å². The number of allylic oxidation sites excluding steroid dienone is 4. The van der Waals surface area contributed by atoms with Crippen LogP contribution in [-0.4, -0.2) is 18.8 Å². The van der Waals surface area contributed by atoms with Crippen molar-refractivity contribution in [3.8, 4) is 0 Å². The summed E-state index contributed by atoms with van der Waals surface area (Å²) in [6.45, 7) is 6.83. The molecule has 0 spiro atoms. The van der Waals surface area contributed by atoms with E-state index in [1.54, 1.807) is 33.8 Å². The van der Waals surface area contributed by atoms with Crippen molar-refractivity contribution in [1.29, 1.82) is 0 Å². The molecule has 0 aromatic heterocycles. The van der Waals surface area contributed by atoms with E-state index in [1.165, 1.54) is 6.08 Å². The smallest absolute Gasteiger partial charge is 0.377 e. The minimum atomic E-state index is -5.94. The van der Waals surface area contributed by atoms with Crippen LogP contribution in [0.1, 0.15) is 27.7 Å². The molecule has 0 saturated heterocycles. The lowest BCUT2D eigenvalue weighted by Crippen LogP contribution is -2.24. The molecule has 22 heavy (non-hydrogen) atoms. The zero-order valence-electron chi connectivity index (χ0n) is 12.3. The number of hydrogen-bond acceptors (Lipinski definition) is 5. The zero-order chi connectivity index (χ0) is 17.8. The molecule has 0 N–H and O–H groups in total. The Morgan fingerprint density at radius 1 is 1.23 bits per heavy atom. The third-order valence-electron chi connectivity index (χ3n) is 2.31. The van der Waals surface area contributed by atoms with E-state index in [-0.39, 0.29) is 6.26 Å². The molecule has 0 aliphatic carbocycles. The molecular formula is C12H16F3NO5S. The molecule has 0 saturated carbocycles. The molecule has 0 bridgehead atoms. The number of nitrogens with zero attached hydrogens (tertiary/aromatic N) is 1. The molecule has 0 aliphatic heterocycles. The Morgan fingerprint density at radius 2 is 1.73 bits per heavy atom. The van der Waals surface area contributed by atoms with E-state index in [2.05, 4.69) is 4.18 Å². The summed E-state index contributed by atoms with van der Waals surface area (Å²) in [6.07, 6.45) is 4.02. The van der Waals surface area contributed by atoms with E-state index >= 15 is 0 Å². The molecule has 0 aromatic carbocycles. The molecule has 0 radical (unpaired) electrons. The molecule has 0 fully saturated rings. The second-order valence-electron chi connectivity index (χ2n) is 5.15. The molecule has 0 unspecified atom stereocenters. The summed E-state index contributed by atoms with van der Waals surface area (Å²) in [5.41, 5.74) is -6.72. The molecule has 0 atom stereocenters. The molecule has 126 valence electrons. The van der Waals surface area contributed by atoms with Crippen LogP contribution in [0.3, 0.4) is 0 Å². The summed E-state index contributed by atoms with van der Waals surface area (Å²) in [4.78, 5) is 9.80. The highest BCUT2D eigenvalue weighted by Gasteiger charge is 2.48. The van der Waals surface area contributed by atoms with E-state index in [4.69, 9.17) is 0 Å². The van der Waals surface area contributed by atoms with Crippen LogP contribution in [0.2, 0.25) is 0 Å². The Hall–Kier alpha value is -1.84. The normalized spacial score (nSPS) is 15.2. The molecular weight excluding hydrogens is 327 g/mol. The highest BCUT2D eigenvalue weighted by atomic mass is 32.2. The van der Waals surface area contributed by atoms with E-state index in [1.807, 2.05) is 0 Å². The average Bonchev–Trinajstić information content (AvgIpc) is 2.29. The fourth-order valence-corrected chi connectivity index (χ4v) is 1.48. The van der Waals surface area contributed by atoms with Gasteiger partial charge >= 0.3 is 21.3 Å². The SMILES string of the molecule is C\C=C/C(=C\C(=C\OS(=O)(=O)C(F)(F)F)[N+](=O)[O-])C(C)(C)C. The second kappa shape index (κ2) is 6.95. The third kappa shape index (κ3) is 5.88. The first kappa shape index (κ1) is 20.2. The molecule has 0 heterocycles. The summed E-state index contributed by atoms with van der Waals surface area (Å²) in [6, 6.07) is 0. The fraction of sp³-hybridized carbons (Fsp3) is 0.500. The fourth-order valence-electron chi connectivity index (χ4n) is 1.15. The Balaban J connectivity index is 5.78. The Labute approximate surface area is 126 Å². The summed E-state index contributed by atoms with van der Waals surface area (Å²) in [5, 5.41) is 10.8. The molecule has 0 aliphatic rings. The minimum Gasteiger partial charge on any atom is -0.377 e. The molecule has 0 rings (SSSR count). The van der Waals surface area contributed by atoms with Crippen molar-refractivity contribution >= 4 is 10.1 Å². The highest BCUT2D eigenvalue weighted by Crippen LogP contribution is 2.28. The number of halogens is 3. The van der Waals surface area contributed by atoms with E-state index < -0.39 is 31.7 Å². The van der Waals surface area contributed by atoms with Crippen molar-refractivity contribution in [3.05, 3.63) is 45.9 Å². The van der Waals surface area contributed by atoms with Gasteiger partial charge in [0.05, 0.1) is 4.92 Å². The summed E-state index contributed by atoms with van der Waals surface area (Å²) in [5.74, 6) is 0. The van der Waals surface area contributed by atoms with Crippen molar-refractivity contribution in [1.82, 2.24) is 0 Å². The van der Waals surface area contributed by atoms with Crippen LogP contribution in [0.15, 0.2) is 35.8 Å². The van der Waals surface area contributed by atoms with E-state index in [0.717, 1.165) is 6.08 Å². The van der Waals surface area contributed by atoms with E-state index in [0.29, 0.717) is 5.57 Å². The van der Waals surface area contributed by atoms with Gasteiger partial charge in [0.25, 0.3) is 0 Å². The second-order valence-corrected chi connectivity index (χ2v) is 6.71. The predicted octanol–water partition coefficient (Wildman–Crippen LogP) is 3.52. The maximum Gasteiger partial charge on any atom is 0.534 e. The average molecular weight is 343 g/mol. The lowest BCUT2D eigenvalue weighted by molar-refractivity contribution is -0.420. The Kier molecular flexibility index (Phi) is 6.37. The Morgan fingerprint density at radius 3 is 2.05 bits per heavy atom. The van der Waals surface area contributed by atoms with Gasteiger partial charge in [0.15, 0.2) is 6.26 Å². The zero-order valence-corrected chi connectivity index (χ0v) is 13.2. The number of rotatable bonds is 5.